The smallest absolute Gasteiger partial charge is 0.407 e. The van der Waals surface area contributed by atoms with Gasteiger partial charge in [0.05, 0.1) is 40.6 Å². The summed E-state index contributed by atoms with van der Waals surface area (Å²) in [5.41, 5.74) is 5.90. The first-order chi connectivity index (χ1) is 29.9. The zero-order valence-electron chi connectivity index (χ0n) is 35.6. The Hall–Kier alpha value is -6.70. The number of nitrogens with one attached hydrogen (secondary N) is 3. The number of carboxylic acid groups (broad SMARTS) is 2. The number of aromatic amines is 1. The minimum Gasteiger partial charge on any atom is -0.478 e. The minimum atomic E-state index is -1.36. The van der Waals surface area contributed by atoms with Crippen molar-refractivity contribution in [3.05, 3.63) is 77.9 Å². The fourth-order valence-corrected chi connectivity index (χ4v) is 7.98. The lowest BCUT2D eigenvalue weighted by atomic mass is 9.84. The molecule has 6 rings (SSSR count). The number of carbonyl (C=O) groups is 7. The predicted octanol–water partition coefficient (Wildman–Crippen LogP) is 3.00. The second-order valence-corrected chi connectivity index (χ2v) is 16.5. The summed E-state index contributed by atoms with van der Waals surface area (Å²) in [5, 5.41) is 42.1. The molecule has 2 fully saturated rings. The van der Waals surface area contributed by atoms with E-state index in [4.69, 9.17) is 15.9 Å². The van der Waals surface area contributed by atoms with Gasteiger partial charge in [0.1, 0.15) is 17.7 Å². The topological polar surface area (TPSA) is 296 Å². The Morgan fingerprint density at radius 3 is 2.24 bits per heavy atom. The number of aromatic carboxylic acids is 1. The van der Waals surface area contributed by atoms with Crippen molar-refractivity contribution in [1.82, 2.24) is 45.4 Å². The Labute approximate surface area is 363 Å². The number of fused-ring (bicyclic) bond motifs is 1. The summed E-state index contributed by atoms with van der Waals surface area (Å²) in [4.78, 5) is 98.8. The molecule has 1 unspecified atom stereocenters. The van der Waals surface area contributed by atoms with E-state index in [1.54, 1.807) is 62.4 Å². The van der Waals surface area contributed by atoms with Crippen LogP contribution in [0.1, 0.15) is 111 Å². The highest BCUT2D eigenvalue weighted by Crippen LogP contribution is 2.33. The number of aliphatic hydroxyl groups is 1. The average molecular weight is 873 g/mol. The van der Waals surface area contributed by atoms with Crippen LogP contribution >= 0.6 is 0 Å². The second-order valence-electron chi connectivity index (χ2n) is 16.5. The third-order valence-corrected chi connectivity index (χ3v) is 11.4. The Kier molecular flexibility index (Phi) is 16.1. The van der Waals surface area contributed by atoms with Crippen LogP contribution in [0.4, 0.5) is 4.79 Å². The molecule has 2 aliphatic rings. The number of hydrogen-bond acceptors (Lipinski definition) is 11. The number of carbonyl (C=O) groups excluding carboxylic acids is 5. The van der Waals surface area contributed by atoms with Crippen LogP contribution in [0, 0.1) is 5.92 Å². The van der Waals surface area contributed by atoms with Crippen molar-refractivity contribution in [3.8, 4) is 0 Å². The van der Waals surface area contributed by atoms with E-state index >= 15 is 0 Å². The Morgan fingerprint density at radius 2 is 1.62 bits per heavy atom. The number of imidazole rings is 1. The monoisotopic (exact) mass is 872 g/mol. The molecule has 20 nitrogen and oxygen atoms in total. The zero-order chi connectivity index (χ0) is 45.8. The molecule has 0 spiro atoms. The number of benzene rings is 2. The highest BCUT2D eigenvalue weighted by molar-refractivity contribution is 6.37. The normalized spacial score (nSPS) is 17.5. The molecule has 4 atom stereocenters. The van der Waals surface area contributed by atoms with Gasteiger partial charge in [-0.1, -0.05) is 67.6 Å². The maximum absolute atomic E-state index is 14.7. The average Bonchev–Trinajstić information content (AvgIpc) is 4.04. The lowest BCUT2D eigenvalue weighted by Crippen LogP contribution is -2.56. The van der Waals surface area contributed by atoms with Gasteiger partial charge in [-0.15, -0.1) is 5.10 Å². The van der Waals surface area contributed by atoms with Crippen LogP contribution in [0.5, 0.6) is 0 Å². The molecule has 1 aliphatic heterocycles. The van der Waals surface area contributed by atoms with Gasteiger partial charge in [0, 0.05) is 26.6 Å². The summed E-state index contributed by atoms with van der Waals surface area (Å²) in [6.45, 7) is 3.25. The van der Waals surface area contributed by atoms with E-state index in [0.29, 0.717) is 35.1 Å². The molecule has 0 radical (unpaired) electrons. The molecule has 2 aromatic heterocycles. The van der Waals surface area contributed by atoms with Crippen LogP contribution in [0.3, 0.4) is 0 Å². The van der Waals surface area contributed by atoms with Crippen molar-refractivity contribution in [3.63, 3.8) is 0 Å². The van der Waals surface area contributed by atoms with Gasteiger partial charge in [0.15, 0.2) is 5.82 Å². The number of unbranched alkanes of at least 4 members (excludes halogenated alkanes) is 1. The van der Waals surface area contributed by atoms with Gasteiger partial charge in [-0.05, 0) is 69.7 Å². The number of hydrogen-bond donors (Lipinski definition) is 7. The Balaban J connectivity index is 0.000000738. The SMILES string of the molecule is CN(CCCCC(NC(=O)[C@@H]1C[C@H](n2nncc2C(C)(C)O)CN1C(=O)[C@@H](CC1CCCCC1)NC(=O)c1nc2ccccc2[nH]1)C(=O)C(N)=O)C(=O)O.O=C(O)c1ccccc1. The quantitative estimate of drug-likeness (QED) is 0.0594. The van der Waals surface area contributed by atoms with E-state index in [2.05, 4.69) is 30.9 Å². The molecule has 0 bridgehead atoms. The molecule has 1 saturated heterocycles. The minimum absolute atomic E-state index is 0.00510. The largest absolute Gasteiger partial charge is 0.478 e. The number of rotatable bonds is 17. The number of ketones is 1. The Bertz CT molecular complexity index is 2220. The number of H-pyrrole nitrogens is 1. The highest BCUT2D eigenvalue weighted by Gasteiger charge is 2.45. The number of primary amides is 1. The summed E-state index contributed by atoms with van der Waals surface area (Å²) in [7, 11) is 1.40. The van der Waals surface area contributed by atoms with E-state index in [-0.39, 0.29) is 44.1 Å². The first-order valence-electron chi connectivity index (χ1n) is 21.0. The number of para-hydroxylation sites is 2. The molecule has 5 amide bonds. The lowest BCUT2D eigenvalue weighted by molar-refractivity contribution is -0.142. The molecule has 4 aromatic rings. The van der Waals surface area contributed by atoms with E-state index in [1.165, 1.54) is 22.8 Å². The number of nitrogens with zero attached hydrogens (tertiary/aromatic N) is 6. The standard InChI is InChI=1S/C36H50N10O8.C7H6O2/c1-36(2,54)28-19-38-43-46(28)22-18-27(32(49)41-25(29(47)30(37)48)15-9-10-16-44(3)35(52)53)45(20-22)34(51)26(17-21-11-5-4-6-12-21)42-33(50)31-39-23-13-7-8-14-24(23)40-31;8-7(9)6-4-2-1-3-5-6/h7-8,13-14,19,21-22,25-27,54H,4-6,9-12,15-18,20H2,1-3H3,(H2,37,48)(H,39,40)(H,41,49)(H,42,50)(H,52,53);1-5H,(H,8,9)/t22-,25?,26+,27-;/m0./s1. The van der Waals surface area contributed by atoms with Gasteiger partial charge in [0.2, 0.25) is 17.6 Å². The highest BCUT2D eigenvalue weighted by atomic mass is 16.4. The molecule has 63 heavy (non-hydrogen) atoms. The van der Waals surface area contributed by atoms with Gasteiger partial charge in [-0.2, -0.15) is 0 Å². The van der Waals surface area contributed by atoms with Gasteiger partial charge >= 0.3 is 12.1 Å². The number of nitrogens with two attached hydrogens (primary N) is 1. The fraction of sp³-hybridized carbons (Fsp3) is 0.488. The van der Waals surface area contributed by atoms with E-state index < -0.39 is 71.2 Å². The van der Waals surface area contributed by atoms with Gasteiger partial charge in [-0.3, -0.25) is 24.0 Å². The van der Waals surface area contributed by atoms with E-state index in [9.17, 15) is 38.7 Å². The Morgan fingerprint density at radius 1 is 0.937 bits per heavy atom. The molecule has 1 saturated carbocycles. The first kappa shape index (κ1) is 47.4. The van der Waals surface area contributed by atoms with Crippen molar-refractivity contribution in [2.45, 2.75) is 108 Å². The molecule has 20 heteroatoms. The van der Waals surface area contributed by atoms with E-state index in [0.717, 1.165) is 37.0 Å². The van der Waals surface area contributed by atoms with Crippen LogP contribution in [-0.4, -0.2) is 130 Å². The summed E-state index contributed by atoms with van der Waals surface area (Å²) >= 11 is 0. The van der Waals surface area contributed by atoms with Gasteiger partial charge < -0.3 is 46.5 Å². The third-order valence-electron chi connectivity index (χ3n) is 11.4. The molecule has 8 N–H and O–H groups in total. The van der Waals surface area contributed by atoms with Crippen LogP contribution < -0.4 is 16.4 Å². The summed E-state index contributed by atoms with van der Waals surface area (Å²) in [5.74, 6) is -4.82. The van der Waals surface area contributed by atoms with Crippen molar-refractivity contribution in [2.24, 2.45) is 11.7 Å². The van der Waals surface area contributed by atoms with Gasteiger partial charge in [-0.25, -0.2) is 19.3 Å². The van der Waals surface area contributed by atoms with Crippen LogP contribution in [0.2, 0.25) is 0 Å². The van der Waals surface area contributed by atoms with Crippen LogP contribution in [-0.2, 0) is 24.8 Å². The van der Waals surface area contributed by atoms with Crippen LogP contribution in [0.15, 0.2) is 60.8 Å². The van der Waals surface area contributed by atoms with Crippen LogP contribution in [0.25, 0.3) is 11.0 Å². The van der Waals surface area contributed by atoms with Gasteiger partial charge in [0.25, 0.3) is 11.8 Å². The maximum atomic E-state index is 14.7. The van der Waals surface area contributed by atoms with Crippen molar-refractivity contribution in [1.29, 1.82) is 0 Å². The number of amides is 5. The summed E-state index contributed by atoms with van der Waals surface area (Å²) < 4.78 is 1.47. The molecule has 2 aromatic carbocycles. The lowest BCUT2D eigenvalue weighted by Gasteiger charge is -2.32. The van der Waals surface area contributed by atoms with Crippen molar-refractivity contribution >= 4 is 52.5 Å². The van der Waals surface area contributed by atoms with Crippen molar-refractivity contribution in [2.75, 3.05) is 20.1 Å². The number of likely N-dealkylation sites (tertiary alicyclic amines) is 1. The predicted molar refractivity (Wildman–Crippen MR) is 227 cm³/mol. The molecular weight excluding hydrogens is 817 g/mol. The third kappa shape index (κ3) is 12.7. The maximum Gasteiger partial charge on any atom is 0.407 e. The number of Topliss-reactive ketones (excluding diaryl/α,β-unsaturated/α-hetero) is 1. The molecule has 1 aliphatic carbocycles. The molecular formula is C43H56N10O10. The molecule has 338 valence electrons. The summed E-state index contributed by atoms with van der Waals surface area (Å²) in [6.07, 6.45) is 6.07. The number of aromatic nitrogens is 5. The summed E-state index contributed by atoms with van der Waals surface area (Å²) in [6, 6.07) is 11.3. The number of carboxylic acids is 1. The van der Waals surface area contributed by atoms with E-state index in [1.807, 2.05) is 6.07 Å². The fourth-order valence-electron chi connectivity index (χ4n) is 7.98. The zero-order valence-corrected chi connectivity index (χ0v) is 35.6. The first-order valence-corrected chi connectivity index (χ1v) is 21.0. The molecule has 3 heterocycles. The second kappa shape index (κ2) is 21.4. The van der Waals surface area contributed by atoms with Crippen molar-refractivity contribution < 1.29 is 48.9 Å².